The summed E-state index contributed by atoms with van der Waals surface area (Å²) in [5, 5.41) is 13.4. The summed E-state index contributed by atoms with van der Waals surface area (Å²) in [6.07, 6.45) is 1.03. The van der Waals surface area contributed by atoms with E-state index in [0.29, 0.717) is 11.3 Å². The number of pyridine rings is 1. The quantitative estimate of drug-likeness (QED) is 0.477. The summed E-state index contributed by atoms with van der Waals surface area (Å²) in [6, 6.07) is 7.19. The number of rotatable bonds is 6. The first kappa shape index (κ1) is 18.8. The monoisotopic (exact) mass is 359 g/mol. The van der Waals surface area contributed by atoms with Gasteiger partial charge < -0.3 is 10.1 Å². The number of amides is 1. The first-order valence-corrected chi connectivity index (χ1v) is 7.74. The Hall–Kier alpha value is -3.49. The van der Waals surface area contributed by atoms with Crippen molar-refractivity contribution in [2.45, 2.75) is 20.4 Å². The van der Waals surface area contributed by atoms with E-state index in [1.54, 1.807) is 6.92 Å². The summed E-state index contributed by atoms with van der Waals surface area (Å²) in [5.41, 5.74) is 0.177. The Morgan fingerprint density at radius 3 is 2.50 bits per heavy atom. The highest BCUT2D eigenvalue weighted by Gasteiger charge is 2.14. The van der Waals surface area contributed by atoms with Crippen LogP contribution in [0.4, 0.5) is 11.4 Å². The lowest BCUT2D eigenvalue weighted by atomic mass is 10.2. The van der Waals surface area contributed by atoms with Crippen molar-refractivity contribution in [3.63, 3.8) is 0 Å². The maximum atomic E-state index is 12.1. The van der Waals surface area contributed by atoms with Crippen LogP contribution in [0.3, 0.4) is 0 Å². The normalized spacial score (nSPS) is 10.2. The fourth-order valence-electron chi connectivity index (χ4n) is 2.24. The summed E-state index contributed by atoms with van der Waals surface area (Å²) in [5.74, 6) is -1.00. The number of anilines is 1. The van der Waals surface area contributed by atoms with Crippen LogP contribution in [0.1, 0.15) is 22.8 Å². The summed E-state index contributed by atoms with van der Waals surface area (Å²) in [7, 11) is 0. The Kier molecular flexibility index (Phi) is 5.84. The molecule has 0 fully saturated rings. The van der Waals surface area contributed by atoms with E-state index < -0.39 is 22.4 Å². The van der Waals surface area contributed by atoms with Crippen molar-refractivity contribution in [2.24, 2.45) is 0 Å². The van der Waals surface area contributed by atoms with Gasteiger partial charge in [-0.15, -0.1) is 0 Å². The largest absolute Gasteiger partial charge is 0.462 e. The summed E-state index contributed by atoms with van der Waals surface area (Å²) >= 11 is 0. The summed E-state index contributed by atoms with van der Waals surface area (Å²) in [6.45, 7) is 3.03. The number of esters is 1. The Morgan fingerprint density at radius 2 is 1.92 bits per heavy atom. The molecule has 0 aliphatic carbocycles. The topological polar surface area (TPSA) is 121 Å². The molecule has 2 aromatic rings. The fourth-order valence-corrected chi connectivity index (χ4v) is 2.24. The van der Waals surface area contributed by atoms with Gasteiger partial charge in [-0.05, 0) is 38.1 Å². The number of nitro groups is 1. The van der Waals surface area contributed by atoms with Gasteiger partial charge in [0, 0.05) is 17.3 Å². The smallest absolute Gasteiger partial charge is 0.338 e. The van der Waals surface area contributed by atoms with Crippen molar-refractivity contribution < 1.29 is 19.2 Å². The predicted octanol–water partition coefficient (Wildman–Crippen LogP) is 1.88. The minimum atomic E-state index is -0.630. The average Bonchev–Trinajstić information content (AvgIpc) is 2.59. The lowest BCUT2D eigenvalue weighted by Crippen LogP contribution is -2.28. The molecule has 1 heterocycles. The van der Waals surface area contributed by atoms with Gasteiger partial charge in [0.2, 0.25) is 5.91 Å². The third-order valence-electron chi connectivity index (χ3n) is 3.46. The number of nitrogens with one attached hydrogen (secondary N) is 1. The van der Waals surface area contributed by atoms with E-state index in [-0.39, 0.29) is 24.4 Å². The molecule has 1 aromatic heterocycles. The number of hydrogen-bond acceptors (Lipinski definition) is 6. The molecule has 136 valence electrons. The van der Waals surface area contributed by atoms with E-state index in [4.69, 9.17) is 4.74 Å². The van der Waals surface area contributed by atoms with Gasteiger partial charge in [0.15, 0.2) is 0 Å². The molecule has 2 rings (SSSR count). The second-order valence-corrected chi connectivity index (χ2v) is 5.42. The number of aryl methyl sites for hydroxylation is 1. The maximum Gasteiger partial charge on any atom is 0.338 e. The molecule has 0 aliphatic rings. The molecule has 1 N–H and O–H groups in total. The van der Waals surface area contributed by atoms with Crippen molar-refractivity contribution >= 4 is 23.3 Å². The zero-order valence-electron chi connectivity index (χ0n) is 14.2. The second kappa shape index (κ2) is 8.06. The molecule has 9 nitrogen and oxygen atoms in total. The number of benzene rings is 1. The molecule has 0 aliphatic heterocycles. The number of carbonyl (C=O) groups is 2. The van der Waals surface area contributed by atoms with Crippen LogP contribution in [0.25, 0.3) is 0 Å². The first-order valence-electron chi connectivity index (χ1n) is 7.74. The lowest BCUT2D eigenvalue weighted by molar-refractivity contribution is -0.385. The Labute approximate surface area is 148 Å². The lowest BCUT2D eigenvalue weighted by Gasteiger charge is -2.09. The minimum Gasteiger partial charge on any atom is -0.462 e. The van der Waals surface area contributed by atoms with Crippen LogP contribution in [0.2, 0.25) is 0 Å². The molecule has 0 radical (unpaired) electrons. The minimum absolute atomic E-state index is 0.172. The molecule has 26 heavy (non-hydrogen) atoms. The first-order chi connectivity index (χ1) is 12.3. The zero-order valence-corrected chi connectivity index (χ0v) is 14.2. The van der Waals surface area contributed by atoms with Crippen LogP contribution in [0.15, 0.2) is 41.3 Å². The predicted molar refractivity (Wildman–Crippen MR) is 93.1 cm³/mol. The van der Waals surface area contributed by atoms with Gasteiger partial charge in [-0.3, -0.25) is 24.3 Å². The van der Waals surface area contributed by atoms with E-state index in [9.17, 15) is 24.5 Å². The molecule has 0 spiro atoms. The molecule has 9 heteroatoms. The molecule has 1 amide bonds. The van der Waals surface area contributed by atoms with Gasteiger partial charge in [-0.1, -0.05) is 0 Å². The number of nitrogens with zero attached hydrogens (tertiary/aromatic N) is 2. The van der Waals surface area contributed by atoms with Crippen molar-refractivity contribution in [3.05, 3.63) is 68.1 Å². The van der Waals surface area contributed by atoms with Crippen molar-refractivity contribution in [1.29, 1.82) is 0 Å². The van der Waals surface area contributed by atoms with Crippen molar-refractivity contribution in [2.75, 3.05) is 11.9 Å². The van der Waals surface area contributed by atoms with Gasteiger partial charge in [0.1, 0.15) is 6.54 Å². The van der Waals surface area contributed by atoms with Crippen molar-refractivity contribution in [1.82, 2.24) is 4.57 Å². The van der Waals surface area contributed by atoms with Gasteiger partial charge in [0.25, 0.3) is 11.2 Å². The summed E-state index contributed by atoms with van der Waals surface area (Å²) in [4.78, 5) is 46.0. The van der Waals surface area contributed by atoms with Crippen LogP contribution in [0.5, 0.6) is 0 Å². The second-order valence-electron chi connectivity index (χ2n) is 5.42. The number of ether oxygens (including phenoxy) is 1. The van der Waals surface area contributed by atoms with Gasteiger partial charge in [0.05, 0.1) is 23.3 Å². The Morgan fingerprint density at radius 1 is 1.27 bits per heavy atom. The van der Waals surface area contributed by atoms with Crippen LogP contribution >= 0.6 is 0 Å². The molecule has 0 bridgehead atoms. The molecular weight excluding hydrogens is 342 g/mol. The Bertz CT molecular complexity index is 902. The van der Waals surface area contributed by atoms with Gasteiger partial charge >= 0.3 is 5.97 Å². The summed E-state index contributed by atoms with van der Waals surface area (Å²) < 4.78 is 5.85. The van der Waals surface area contributed by atoms with E-state index >= 15 is 0 Å². The van der Waals surface area contributed by atoms with Crippen LogP contribution < -0.4 is 10.9 Å². The van der Waals surface area contributed by atoms with Crippen LogP contribution in [0, 0.1) is 17.0 Å². The van der Waals surface area contributed by atoms with E-state index in [1.807, 2.05) is 0 Å². The third kappa shape index (κ3) is 4.53. The van der Waals surface area contributed by atoms with Crippen molar-refractivity contribution in [3.8, 4) is 0 Å². The standard InChI is InChI=1S/C17H17N3O6/c1-3-26-17(23)12-4-6-13(7-5-12)18-15(21)10-19-9-14(20(24)25)8-11(2)16(19)22/h4-9H,3,10H2,1-2H3,(H,18,21). The highest BCUT2D eigenvalue weighted by Crippen LogP contribution is 2.12. The SMILES string of the molecule is CCOC(=O)c1ccc(NC(=O)Cn2cc([N+](=O)[O-])cc(C)c2=O)cc1. The molecule has 1 aromatic carbocycles. The Balaban J connectivity index is 2.11. The molecule has 0 unspecified atom stereocenters. The zero-order chi connectivity index (χ0) is 19.3. The highest BCUT2D eigenvalue weighted by atomic mass is 16.6. The van der Waals surface area contributed by atoms with Gasteiger partial charge in [-0.2, -0.15) is 0 Å². The van der Waals surface area contributed by atoms with E-state index in [0.717, 1.165) is 16.8 Å². The molecular formula is C17H17N3O6. The molecule has 0 saturated carbocycles. The molecule has 0 atom stereocenters. The van der Waals surface area contributed by atoms with E-state index in [1.165, 1.54) is 31.2 Å². The van der Waals surface area contributed by atoms with E-state index in [2.05, 4.69) is 5.32 Å². The fraction of sp³-hybridized carbons (Fsp3) is 0.235. The molecule has 0 saturated heterocycles. The van der Waals surface area contributed by atoms with Gasteiger partial charge in [-0.25, -0.2) is 4.79 Å². The maximum absolute atomic E-state index is 12.1. The number of carbonyl (C=O) groups excluding carboxylic acids is 2. The van der Waals surface area contributed by atoms with Crippen LogP contribution in [-0.4, -0.2) is 28.0 Å². The van der Waals surface area contributed by atoms with Crippen LogP contribution in [-0.2, 0) is 16.1 Å². The third-order valence-corrected chi connectivity index (χ3v) is 3.46. The average molecular weight is 359 g/mol. The number of aromatic nitrogens is 1. The highest BCUT2D eigenvalue weighted by molar-refractivity contribution is 5.93. The number of hydrogen-bond donors (Lipinski definition) is 1.